The van der Waals surface area contributed by atoms with Gasteiger partial charge in [-0.2, -0.15) is 0 Å². The van der Waals surface area contributed by atoms with Crippen LogP contribution in [-0.4, -0.2) is 5.78 Å². The van der Waals surface area contributed by atoms with E-state index in [9.17, 15) is 4.79 Å². The van der Waals surface area contributed by atoms with Crippen molar-refractivity contribution < 1.29 is 4.79 Å². The van der Waals surface area contributed by atoms with Gasteiger partial charge in [0.2, 0.25) is 0 Å². The van der Waals surface area contributed by atoms with E-state index in [0.717, 1.165) is 0 Å². The lowest BCUT2D eigenvalue weighted by atomic mass is 9.92. The molecule has 58 valence electrons. The molecule has 0 aromatic carbocycles. The summed E-state index contributed by atoms with van der Waals surface area (Å²) in [4.78, 5) is 10.5. The zero-order chi connectivity index (χ0) is 8.36. The van der Waals surface area contributed by atoms with Gasteiger partial charge in [-0.15, -0.1) is 0 Å². The van der Waals surface area contributed by atoms with Gasteiger partial charge in [0.1, 0.15) is 0 Å². The van der Waals surface area contributed by atoms with Crippen LogP contribution in [0.1, 0.15) is 27.7 Å². The van der Waals surface area contributed by atoms with E-state index in [2.05, 4.69) is 0 Å². The lowest BCUT2D eigenvalue weighted by Gasteiger charge is -2.18. The molecular formula is C8H15NO. The Kier molecular flexibility index (Phi) is 2.64. The third kappa shape index (κ3) is 3.28. The van der Waals surface area contributed by atoms with Crippen molar-refractivity contribution in [3.05, 3.63) is 11.8 Å². The lowest BCUT2D eigenvalue weighted by Crippen LogP contribution is -2.17. The van der Waals surface area contributed by atoms with E-state index >= 15 is 0 Å². The molecule has 0 aliphatic heterocycles. The number of allylic oxidation sites excluding steroid dienone is 2. The zero-order valence-corrected chi connectivity index (χ0v) is 7.06. The minimum absolute atomic E-state index is 0.00688. The highest BCUT2D eigenvalue weighted by Crippen LogP contribution is 2.19. The van der Waals surface area contributed by atoms with Crippen molar-refractivity contribution in [2.24, 2.45) is 11.1 Å². The molecule has 0 saturated heterocycles. The van der Waals surface area contributed by atoms with Gasteiger partial charge in [-0.1, -0.05) is 20.8 Å². The van der Waals surface area contributed by atoms with Crippen LogP contribution in [0.15, 0.2) is 11.8 Å². The smallest absolute Gasteiger partial charge is 0.154 e. The SMILES string of the molecule is CC(=O)C=C(N)C(C)(C)C. The second-order valence-corrected chi connectivity index (χ2v) is 3.46. The van der Waals surface area contributed by atoms with Crippen LogP contribution in [0.3, 0.4) is 0 Å². The summed E-state index contributed by atoms with van der Waals surface area (Å²) in [6.07, 6.45) is 1.47. The van der Waals surface area contributed by atoms with Crippen LogP contribution in [0.25, 0.3) is 0 Å². The fourth-order valence-corrected chi connectivity index (χ4v) is 0.435. The number of carbonyl (C=O) groups excluding carboxylic acids is 1. The average molecular weight is 141 g/mol. The van der Waals surface area contributed by atoms with Gasteiger partial charge >= 0.3 is 0 Å². The van der Waals surface area contributed by atoms with Crippen LogP contribution >= 0.6 is 0 Å². The van der Waals surface area contributed by atoms with E-state index < -0.39 is 0 Å². The Balaban J connectivity index is 4.35. The fraction of sp³-hybridized carbons (Fsp3) is 0.625. The maximum absolute atomic E-state index is 10.5. The molecule has 0 amide bonds. The molecule has 0 aromatic heterocycles. The Morgan fingerprint density at radius 2 is 1.80 bits per heavy atom. The maximum atomic E-state index is 10.5. The largest absolute Gasteiger partial charge is 0.402 e. The number of rotatable bonds is 1. The Hall–Kier alpha value is -0.790. The molecule has 0 unspecified atom stereocenters. The van der Waals surface area contributed by atoms with Crippen LogP contribution < -0.4 is 5.73 Å². The van der Waals surface area contributed by atoms with Crippen molar-refractivity contribution in [3.63, 3.8) is 0 Å². The van der Waals surface area contributed by atoms with Gasteiger partial charge < -0.3 is 5.73 Å². The van der Waals surface area contributed by atoms with Crippen LogP contribution in [0.4, 0.5) is 0 Å². The van der Waals surface area contributed by atoms with Crippen LogP contribution in [0.2, 0.25) is 0 Å². The van der Waals surface area contributed by atoms with E-state index in [0.29, 0.717) is 5.70 Å². The van der Waals surface area contributed by atoms with Gasteiger partial charge in [-0.05, 0) is 6.92 Å². The summed E-state index contributed by atoms with van der Waals surface area (Å²) in [6.45, 7) is 7.42. The van der Waals surface area contributed by atoms with Gasteiger partial charge in [0.25, 0.3) is 0 Å². The molecule has 0 saturated carbocycles. The summed E-state index contributed by atoms with van der Waals surface area (Å²) in [6, 6.07) is 0. The van der Waals surface area contributed by atoms with Gasteiger partial charge in [0, 0.05) is 17.2 Å². The molecular weight excluding hydrogens is 126 g/mol. The van der Waals surface area contributed by atoms with Crippen molar-refractivity contribution in [1.82, 2.24) is 0 Å². The van der Waals surface area contributed by atoms with Crippen molar-refractivity contribution in [3.8, 4) is 0 Å². The Labute approximate surface area is 62.1 Å². The molecule has 0 heterocycles. The molecule has 10 heavy (non-hydrogen) atoms. The molecule has 2 N–H and O–H groups in total. The van der Waals surface area contributed by atoms with Crippen molar-refractivity contribution in [2.45, 2.75) is 27.7 Å². The first-order valence-electron chi connectivity index (χ1n) is 3.32. The Morgan fingerprint density at radius 3 is 1.90 bits per heavy atom. The Bertz CT molecular complexity index is 163. The monoisotopic (exact) mass is 141 g/mol. The van der Waals surface area contributed by atoms with Gasteiger partial charge in [0.05, 0.1) is 0 Å². The minimum atomic E-state index is -0.0916. The Morgan fingerprint density at radius 1 is 1.40 bits per heavy atom. The van der Waals surface area contributed by atoms with Crippen molar-refractivity contribution in [2.75, 3.05) is 0 Å². The number of hydrogen-bond acceptors (Lipinski definition) is 2. The normalized spacial score (nSPS) is 13.4. The summed E-state index contributed by atoms with van der Waals surface area (Å²) in [5, 5.41) is 0. The van der Waals surface area contributed by atoms with Crippen LogP contribution in [-0.2, 0) is 4.79 Å². The zero-order valence-electron chi connectivity index (χ0n) is 7.06. The van der Waals surface area contributed by atoms with E-state index in [-0.39, 0.29) is 11.2 Å². The molecule has 0 aromatic rings. The van der Waals surface area contributed by atoms with Crippen LogP contribution in [0, 0.1) is 5.41 Å². The van der Waals surface area contributed by atoms with E-state index in [1.807, 2.05) is 20.8 Å². The highest BCUT2D eigenvalue weighted by atomic mass is 16.1. The molecule has 0 aliphatic rings. The molecule has 2 heteroatoms. The lowest BCUT2D eigenvalue weighted by molar-refractivity contribution is -0.112. The highest BCUT2D eigenvalue weighted by molar-refractivity contribution is 5.87. The fourth-order valence-electron chi connectivity index (χ4n) is 0.435. The first-order valence-corrected chi connectivity index (χ1v) is 3.32. The van der Waals surface area contributed by atoms with Crippen molar-refractivity contribution >= 4 is 5.78 Å². The summed E-state index contributed by atoms with van der Waals surface area (Å²) >= 11 is 0. The molecule has 0 spiro atoms. The first-order chi connectivity index (χ1) is 4.34. The van der Waals surface area contributed by atoms with E-state index in [1.54, 1.807) is 0 Å². The molecule has 0 rings (SSSR count). The molecule has 2 nitrogen and oxygen atoms in total. The minimum Gasteiger partial charge on any atom is -0.402 e. The highest BCUT2D eigenvalue weighted by Gasteiger charge is 2.13. The summed E-state index contributed by atoms with van der Waals surface area (Å²) < 4.78 is 0. The predicted molar refractivity (Wildman–Crippen MR) is 42.4 cm³/mol. The van der Waals surface area contributed by atoms with Crippen molar-refractivity contribution in [1.29, 1.82) is 0 Å². The summed E-state index contributed by atoms with van der Waals surface area (Å²) in [5.74, 6) is 0.00688. The predicted octanol–water partition coefficient (Wildman–Crippen LogP) is 1.46. The van der Waals surface area contributed by atoms with Crippen LogP contribution in [0.5, 0.6) is 0 Å². The van der Waals surface area contributed by atoms with Gasteiger partial charge in [-0.3, -0.25) is 4.79 Å². The van der Waals surface area contributed by atoms with Gasteiger partial charge in [-0.25, -0.2) is 0 Å². The summed E-state index contributed by atoms with van der Waals surface area (Å²) in [7, 11) is 0. The third-order valence-electron chi connectivity index (χ3n) is 1.22. The average Bonchev–Trinajstić information content (AvgIpc) is 1.60. The standard InChI is InChI=1S/C8H15NO/c1-6(10)5-7(9)8(2,3)4/h5H,9H2,1-4H3. The second-order valence-electron chi connectivity index (χ2n) is 3.46. The summed E-state index contributed by atoms with van der Waals surface area (Å²) in [5.41, 5.74) is 6.14. The van der Waals surface area contributed by atoms with E-state index in [1.165, 1.54) is 13.0 Å². The van der Waals surface area contributed by atoms with Gasteiger partial charge in [0.15, 0.2) is 5.78 Å². The maximum Gasteiger partial charge on any atom is 0.154 e. The molecule has 0 fully saturated rings. The first kappa shape index (κ1) is 9.21. The number of ketones is 1. The molecule has 0 bridgehead atoms. The molecule has 0 aliphatic carbocycles. The topological polar surface area (TPSA) is 43.1 Å². The molecule has 0 atom stereocenters. The number of carbonyl (C=O) groups is 1. The second kappa shape index (κ2) is 2.86. The number of nitrogens with two attached hydrogens (primary N) is 1. The third-order valence-corrected chi connectivity index (χ3v) is 1.22. The quantitative estimate of drug-likeness (QED) is 0.562. The number of hydrogen-bond donors (Lipinski definition) is 1. The molecule has 0 radical (unpaired) electrons. The van der Waals surface area contributed by atoms with E-state index in [4.69, 9.17) is 5.73 Å².